The van der Waals surface area contributed by atoms with E-state index >= 15 is 0 Å². The maximum Gasteiger partial charge on any atom is 0.407 e. The summed E-state index contributed by atoms with van der Waals surface area (Å²) in [5.74, 6) is -0.607. The number of carbonyl (C=O) groups excluding carboxylic acids is 2. The second kappa shape index (κ2) is 10.3. The van der Waals surface area contributed by atoms with Gasteiger partial charge in [0.2, 0.25) is 0 Å². The summed E-state index contributed by atoms with van der Waals surface area (Å²) in [6.07, 6.45) is 9.37. The van der Waals surface area contributed by atoms with Crippen molar-refractivity contribution in [2.45, 2.75) is 65.0 Å². The van der Waals surface area contributed by atoms with Crippen molar-refractivity contribution in [2.24, 2.45) is 5.92 Å². The number of esters is 1. The quantitative estimate of drug-likeness (QED) is 0.651. The highest BCUT2D eigenvalue weighted by Gasteiger charge is 2.24. The zero-order valence-corrected chi connectivity index (χ0v) is 18.2. The van der Waals surface area contributed by atoms with E-state index in [0.29, 0.717) is 12.8 Å². The molecular formula is C24H33NO4. The molecule has 29 heavy (non-hydrogen) atoms. The number of allylic oxidation sites excluding steroid dienone is 4. The van der Waals surface area contributed by atoms with Gasteiger partial charge in [0.1, 0.15) is 5.60 Å². The highest BCUT2D eigenvalue weighted by molar-refractivity contribution is 5.75. The van der Waals surface area contributed by atoms with E-state index in [9.17, 15) is 9.59 Å². The summed E-state index contributed by atoms with van der Waals surface area (Å²) in [6.45, 7) is 7.28. The molecule has 0 radical (unpaired) electrons. The van der Waals surface area contributed by atoms with Gasteiger partial charge in [0.15, 0.2) is 0 Å². The Labute approximate surface area is 174 Å². The third kappa shape index (κ3) is 7.76. The van der Waals surface area contributed by atoms with E-state index in [1.807, 2.05) is 20.8 Å². The van der Waals surface area contributed by atoms with E-state index in [4.69, 9.17) is 9.47 Å². The van der Waals surface area contributed by atoms with Crippen LogP contribution in [-0.4, -0.2) is 30.8 Å². The highest BCUT2D eigenvalue weighted by atomic mass is 16.6. The molecule has 1 aromatic rings. The van der Waals surface area contributed by atoms with Crippen molar-refractivity contribution >= 4 is 17.6 Å². The second-order valence-electron chi connectivity index (χ2n) is 8.54. The van der Waals surface area contributed by atoms with Gasteiger partial charge in [-0.25, -0.2) is 4.79 Å². The number of hydrogen-bond acceptors (Lipinski definition) is 4. The average Bonchev–Trinajstić information content (AvgIpc) is 2.67. The van der Waals surface area contributed by atoms with Crippen molar-refractivity contribution in [3.63, 3.8) is 0 Å². The Bertz CT molecular complexity index is 756. The Morgan fingerprint density at radius 1 is 1.14 bits per heavy atom. The molecule has 0 aromatic heterocycles. The molecule has 0 saturated heterocycles. The normalized spacial score (nSPS) is 15.8. The van der Waals surface area contributed by atoms with Crippen molar-refractivity contribution in [3.8, 4) is 0 Å². The molecule has 1 aromatic carbocycles. The van der Waals surface area contributed by atoms with Crippen LogP contribution < -0.4 is 5.32 Å². The molecule has 0 spiro atoms. The molecule has 158 valence electrons. The lowest BCUT2D eigenvalue weighted by Crippen LogP contribution is -2.41. The predicted molar refractivity (Wildman–Crippen MR) is 115 cm³/mol. The van der Waals surface area contributed by atoms with E-state index in [0.717, 1.165) is 18.4 Å². The number of hydrogen-bond donors (Lipinski definition) is 1. The largest absolute Gasteiger partial charge is 0.469 e. The first kappa shape index (κ1) is 22.7. The summed E-state index contributed by atoms with van der Waals surface area (Å²) in [7, 11) is 1.38. The van der Waals surface area contributed by atoms with Crippen LogP contribution in [0.25, 0.3) is 5.57 Å². The topological polar surface area (TPSA) is 64.6 Å². The van der Waals surface area contributed by atoms with Crippen LogP contribution in [0.2, 0.25) is 0 Å². The summed E-state index contributed by atoms with van der Waals surface area (Å²) in [5.41, 5.74) is 2.94. The van der Waals surface area contributed by atoms with Gasteiger partial charge >= 0.3 is 12.1 Å². The van der Waals surface area contributed by atoms with Gasteiger partial charge in [0, 0.05) is 6.04 Å². The number of benzene rings is 1. The van der Waals surface area contributed by atoms with E-state index in [1.54, 1.807) is 6.92 Å². The van der Waals surface area contributed by atoms with Crippen molar-refractivity contribution in [2.75, 3.05) is 7.11 Å². The first-order valence-corrected chi connectivity index (χ1v) is 10.2. The SMILES string of the molecule is COC(=O)C(C)CC(Cc1ccc(C2=CCCC=C2)cc1)NC(=O)OC(C)(C)C. The maximum atomic E-state index is 12.3. The molecule has 2 rings (SSSR count). The number of amides is 1. The molecule has 0 saturated carbocycles. The monoisotopic (exact) mass is 399 g/mol. The molecule has 5 heteroatoms. The summed E-state index contributed by atoms with van der Waals surface area (Å²) in [4.78, 5) is 24.1. The molecule has 0 fully saturated rings. The van der Waals surface area contributed by atoms with Crippen LogP contribution in [-0.2, 0) is 20.7 Å². The molecule has 0 heterocycles. The number of nitrogens with one attached hydrogen (secondary N) is 1. The number of ether oxygens (including phenoxy) is 2. The summed E-state index contributed by atoms with van der Waals surface area (Å²) in [5, 5.41) is 2.92. The lowest BCUT2D eigenvalue weighted by molar-refractivity contribution is -0.145. The fourth-order valence-electron chi connectivity index (χ4n) is 3.34. The van der Waals surface area contributed by atoms with Crippen molar-refractivity contribution in [1.29, 1.82) is 0 Å². The van der Waals surface area contributed by atoms with Gasteiger partial charge in [0.25, 0.3) is 0 Å². The molecular weight excluding hydrogens is 366 g/mol. The molecule has 0 bridgehead atoms. The van der Waals surface area contributed by atoms with E-state index in [2.05, 4.69) is 47.8 Å². The molecule has 2 atom stereocenters. The number of methoxy groups -OCH3 is 1. The Morgan fingerprint density at radius 2 is 1.83 bits per heavy atom. The number of carbonyl (C=O) groups is 2. The minimum Gasteiger partial charge on any atom is -0.469 e. The minimum atomic E-state index is -0.578. The third-order valence-electron chi connectivity index (χ3n) is 4.73. The van der Waals surface area contributed by atoms with Crippen LogP contribution in [0.5, 0.6) is 0 Å². The van der Waals surface area contributed by atoms with Gasteiger partial charge < -0.3 is 14.8 Å². The summed E-state index contributed by atoms with van der Waals surface area (Å²) in [6, 6.07) is 8.12. The lowest BCUT2D eigenvalue weighted by Gasteiger charge is -2.25. The van der Waals surface area contributed by atoms with Crippen molar-refractivity contribution in [3.05, 3.63) is 53.6 Å². The minimum absolute atomic E-state index is 0.237. The second-order valence-corrected chi connectivity index (χ2v) is 8.54. The van der Waals surface area contributed by atoms with Crippen LogP contribution >= 0.6 is 0 Å². The number of rotatable bonds is 7. The molecule has 1 aliphatic rings. The van der Waals surface area contributed by atoms with Gasteiger partial charge in [-0.1, -0.05) is 49.4 Å². The molecule has 1 N–H and O–H groups in total. The third-order valence-corrected chi connectivity index (χ3v) is 4.73. The summed E-state index contributed by atoms with van der Waals surface area (Å²) < 4.78 is 10.2. The van der Waals surface area contributed by atoms with Crippen LogP contribution in [0.4, 0.5) is 4.79 Å². The van der Waals surface area contributed by atoms with E-state index < -0.39 is 11.7 Å². The van der Waals surface area contributed by atoms with Crippen molar-refractivity contribution < 1.29 is 19.1 Å². The standard InChI is InChI=1S/C24H33NO4/c1-17(22(26)28-5)15-21(25-23(27)29-24(2,3)4)16-18-11-13-20(14-12-18)19-9-7-6-8-10-19/h7,9-14,17,21H,6,8,15-16H2,1-5H3,(H,25,27). The highest BCUT2D eigenvalue weighted by Crippen LogP contribution is 2.22. The average molecular weight is 400 g/mol. The number of alkyl carbamates (subject to hydrolysis) is 1. The molecule has 5 nitrogen and oxygen atoms in total. The van der Waals surface area contributed by atoms with Crippen LogP contribution in [0, 0.1) is 5.92 Å². The molecule has 2 unspecified atom stereocenters. The van der Waals surface area contributed by atoms with Crippen LogP contribution in [0.15, 0.2) is 42.5 Å². The lowest BCUT2D eigenvalue weighted by atomic mass is 9.94. The van der Waals surface area contributed by atoms with Gasteiger partial charge in [-0.3, -0.25) is 4.79 Å². The van der Waals surface area contributed by atoms with Gasteiger partial charge in [-0.15, -0.1) is 0 Å². The van der Waals surface area contributed by atoms with Gasteiger partial charge in [-0.05, 0) is 63.2 Å². The Hall–Kier alpha value is -2.56. The summed E-state index contributed by atoms with van der Waals surface area (Å²) >= 11 is 0. The Kier molecular flexibility index (Phi) is 8.06. The fourth-order valence-corrected chi connectivity index (χ4v) is 3.34. The van der Waals surface area contributed by atoms with Crippen LogP contribution in [0.3, 0.4) is 0 Å². The van der Waals surface area contributed by atoms with Gasteiger partial charge in [-0.2, -0.15) is 0 Å². The first-order valence-electron chi connectivity index (χ1n) is 10.2. The predicted octanol–water partition coefficient (Wildman–Crippen LogP) is 5.06. The molecule has 0 aliphatic heterocycles. The zero-order valence-electron chi connectivity index (χ0n) is 18.2. The van der Waals surface area contributed by atoms with E-state index in [1.165, 1.54) is 18.2 Å². The molecule has 1 aliphatic carbocycles. The van der Waals surface area contributed by atoms with Crippen LogP contribution in [0.1, 0.15) is 58.1 Å². The van der Waals surface area contributed by atoms with E-state index in [-0.39, 0.29) is 17.9 Å². The smallest absolute Gasteiger partial charge is 0.407 e. The Balaban J connectivity index is 2.08. The fraction of sp³-hybridized carbons (Fsp3) is 0.500. The zero-order chi connectivity index (χ0) is 21.4. The molecule has 1 amide bonds. The van der Waals surface area contributed by atoms with Gasteiger partial charge in [0.05, 0.1) is 13.0 Å². The Morgan fingerprint density at radius 3 is 2.38 bits per heavy atom. The first-order chi connectivity index (χ1) is 13.7. The maximum absolute atomic E-state index is 12.3. The van der Waals surface area contributed by atoms with Crippen molar-refractivity contribution in [1.82, 2.24) is 5.32 Å².